The van der Waals surface area contributed by atoms with Crippen LogP contribution in [-0.2, 0) is 6.42 Å². The van der Waals surface area contributed by atoms with Crippen LogP contribution < -0.4 is 14.2 Å². The summed E-state index contributed by atoms with van der Waals surface area (Å²) in [6.07, 6.45) is 0.875. The minimum absolute atomic E-state index is 0.693. The van der Waals surface area contributed by atoms with Crippen molar-refractivity contribution in [3.05, 3.63) is 29.8 Å². The van der Waals surface area contributed by atoms with E-state index in [-0.39, 0.29) is 0 Å². The molecule has 0 bridgehead atoms. The molecule has 2 aromatic rings. The van der Waals surface area contributed by atoms with E-state index in [0.29, 0.717) is 6.61 Å². The van der Waals surface area contributed by atoms with Crippen molar-refractivity contribution in [2.24, 2.45) is 0 Å². The fourth-order valence-corrected chi connectivity index (χ4v) is 2.47. The molecule has 2 aromatic carbocycles. The van der Waals surface area contributed by atoms with Crippen molar-refractivity contribution in [3.8, 4) is 17.2 Å². The molecular formula is C14H14O3. The summed E-state index contributed by atoms with van der Waals surface area (Å²) in [5.41, 5.74) is 1.11. The molecule has 0 N–H and O–H groups in total. The van der Waals surface area contributed by atoms with E-state index in [1.165, 1.54) is 0 Å². The zero-order valence-electron chi connectivity index (χ0n) is 9.95. The van der Waals surface area contributed by atoms with Crippen molar-refractivity contribution in [1.82, 2.24) is 0 Å². The second-order valence-corrected chi connectivity index (χ2v) is 4.02. The first-order valence-corrected chi connectivity index (χ1v) is 5.65. The fourth-order valence-electron chi connectivity index (χ4n) is 2.47. The van der Waals surface area contributed by atoms with E-state index >= 15 is 0 Å². The molecule has 0 fully saturated rings. The Balaban J connectivity index is 2.46. The van der Waals surface area contributed by atoms with Crippen LogP contribution in [0, 0.1) is 0 Å². The van der Waals surface area contributed by atoms with Crippen LogP contribution >= 0.6 is 0 Å². The van der Waals surface area contributed by atoms with Crippen LogP contribution in [0.1, 0.15) is 5.56 Å². The van der Waals surface area contributed by atoms with E-state index in [1.54, 1.807) is 14.2 Å². The highest BCUT2D eigenvalue weighted by atomic mass is 16.5. The molecule has 17 heavy (non-hydrogen) atoms. The predicted molar refractivity (Wildman–Crippen MR) is 66.3 cm³/mol. The monoisotopic (exact) mass is 230 g/mol. The molecule has 0 atom stereocenters. The lowest BCUT2D eigenvalue weighted by Gasteiger charge is -2.14. The number of hydrogen-bond donors (Lipinski definition) is 0. The molecule has 0 radical (unpaired) electrons. The lowest BCUT2D eigenvalue weighted by atomic mass is 10.0. The third-order valence-corrected chi connectivity index (χ3v) is 3.18. The molecule has 0 saturated heterocycles. The van der Waals surface area contributed by atoms with Gasteiger partial charge in [0.1, 0.15) is 5.75 Å². The first-order valence-electron chi connectivity index (χ1n) is 5.65. The summed E-state index contributed by atoms with van der Waals surface area (Å²) in [4.78, 5) is 0. The number of rotatable bonds is 2. The van der Waals surface area contributed by atoms with Crippen LogP contribution in [0.2, 0.25) is 0 Å². The van der Waals surface area contributed by atoms with Crippen molar-refractivity contribution in [3.63, 3.8) is 0 Å². The van der Waals surface area contributed by atoms with E-state index in [9.17, 15) is 0 Å². The molecule has 1 aliphatic rings. The number of methoxy groups -OCH3 is 2. The molecule has 3 heteroatoms. The fraction of sp³-hybridized carbons (Fsp3) is 0.286. The Morgan fingerprint density at radius 1 is 1.00 bits per heavy atom. The summed E-state index contributed by atoms with van der Waals surface area (Å²) < 4.78 is 16.7. The summed E-state index contributed by atoms with van der Waals surface area (Å²) in [6, 6.07) is 8.08. The molecule has 0 amide bonds. The molecule has 1 aliphatic heterocycles. The average Bonchev–Trinajstić information content (AvgIpc) is 2.84. The van der Waals surface area contributed by atoms with E-state index in [4.69, 9.17) is 14.2 Å². The van der Waals surface area contributed by atoms with E-state index in [0.717, 1.165) is 40.0 Å². The highest BCUT2D eigenvalue weighted by Crippen LogP contribution is 2.48. The number of fused-ring (bicyclic) bond motifs is 2. The van der Waals surface area contributed by atoms with Gasteiger partial charge in [-0.3, -0.25) is 0 Å². The Morgan fingerprint density at radius 2 is 1.65 bits per heavy atom. The second-order valence-electron chi connectivity index (χ2n) is 4.02. The van der Waals surface area contributed by atoms with Crippen LogP contribution in [0.4, 0.5) is 0 Å². The maximum absolute atomic E-state index is 5.67. The van der Waals surface area contributed by atoms with E-state index < -0.39 is 0 Å². The highest BCUT2D eigenvalue weighted by molar-refractivity contribution is 5.97. The lowest BCUT2D eigenvalue weighted by Crippen LogP contribution is -1.94. The van der Waals surface area contributed by atoms with Crippen molar-refractivity contribution < 1.29 is 14.2 Å². The third-order valence-electron chi connectivity index (χ3n) is 3.18. The summed E-state index contributed by atoms with van der Waals surface area (Å²) >= 11 is 0. The Labute approximate surface area is 99.9 Å². The Hall–Kier alpha value is -1.90. The lowest BCUT2D eigenvalue weighted by molar-refractivity contribution is 0.328. The van der Waals surface area contributed by atoms with Gasteiger partial charge in [-0.05, 0) is 0 Å². The SMILES string of the molecule is COc1c2c(c(OC)c3ccccc13)OCC2. The van der Waals surface area contributed by atoms with Crippen molar-refractivity contribution in [2.45, 2.75) is 6.42 Å². The Bertz CT molecular complexity index is 525. The number of benzene rings is 2. The van der Waals surface area contributed by atoms with Gasteiger partial charge in [-0.15, -0.1) is 0 Å². The molecule has 0 spiro atoms. The highest BCUT2D eigenvalue weighted by Gasteiger charge is 2.25. The van der Waals surface area contributed by atoms with Crippen LogP contribution in [0.15, 0.2) is 24.3 Å². The first kappa shape index (κ1) is 10.3. The molecule has 0 aliphatic carbocycles. The van der Waals surface area contributed by atoms with Gasteiger partial charge in [0.2, 0.25) is 0 Å². The molecule has 1 heterocycles. The minimum atomic E-state index is 0.693. The Morgan fingerprint density at radius 3 is 2.29 bits per heavy atom. The molecule has 3 nitrogen and oxygen atoms in total. The van der Waals surface area contributed by atoms with Crippen LogP contribution in [0.5, 0.6) is 17.2 Å². The second kappa shape index (κ2) is 3.84. The van der Waals surface area contributed by atoms with E-state index in [2.05, 4.69) is 6.07 Å². The molecule has 0 saturated carbocycles. The van der Waals surface area contributed by atoms with Crippen LogP contribution in [0.3, 0.4) is 0 Å². The maximum atomic E-state index is 5.67. The van der Waals surface area contributed by atoms with Gasteiger partial charge in [0.25, 0.3) is 0 Å². The quantitative estimate of drug-likeness (QED) is 0.794. The number of hydrogen-bond acceptors (Lipinski definition) is 3. The third kappa shape index (κ3) is 1.35. The van der Waals surface area contributed by atoms with Crippen LogP contribution in [0.25, 0.3) is 10.8 Å². The zero-order chi connectivity index (χ0) is 11.8. The normalized spacial score (nSPS) is 13.3. The molecular weight excluding hydrogens is 216 g/mol. The van der Waals surface area contributed by atoms with Gasteiger partial charge in [-0.2, -0.15) is 0 Å². The first-order chi connectivity index (χ1) is 8.36. The van der Waals surface area contributed by atoms with Gasteiger partial charge in [-0.1, -0.05) is 24.3 Å². The van der Waals surface area contributed by atoms with Crippen LogP contribution in [-0.4, -0.2) is 20.8 Å². The van der Waals surface area contributed by atoms with Gasteiger partial charge in [-0.25, -0.2) is 0 Å². The molecule has 0 aromatic heterocycles. The predicted octanol–water partition coefficient (Wildman–Crippen LogP) is 2.79. The van der Waals surface area contributed by atoms with Crippen molar-refractivity contribution in [2.75, 3.05) is 20.8 Å². The topological polar surface area (TPSA) is 27.7 Å². The minimum Gasteiger partial charge on any atom is -0.496 e. The van der Waals surface area contributed by atoms with Crippen molar-refractivity contribution >= 4 is 10.8 Å². The molecule has 0 unspecified atom stereocenters. The average molecular weight is 230 g/mol. The largest absolute Gasteiger partial charge is 0.496 e. The zero-order valence-corrected chi connectivity index (χ0v) is 9.95. The van der Waals surface area contributed by atoms with Gasteiger partial charge >= 0.3 is 0 Å². The summed E-state index contributed by atoms with van der Waals surface area (Å²) in [5.74, 6) is 2.56. The Kier molecular flexibility index (Phi) is 2.32. The maximum Gasteiger partial charge on any atom is 0.169 e. The molecule has 88 valence electrons. The summed E-state index contributed by atoms with van der Waals surface area (Å²) in [7, 11) is 3.38. The summed E-state index contributed by atoms with van der Waals surface area (Å²) in [6.45, 7) is 0.693. The standard InChI is InChI=1S/C14H14O3/c1-15-12-9-5-3-4-6-10(9)13(16-2)14-11(12)7-8-17-14/h3-6H,7-8H2,1-2H3. The van der Waals surface area contributed by atoms with E-state index in [1.807, 2.05) is 18.2 Å². The van der Waals surface area contributed by atoms with Gasteiger partial charge in [0.15, 0.2) is 11.5 Å². The van der Waals surface area contributed by atoms with Crippen molar-refractivity contribution in [1.29, 1.82) is 0 Å². The van der Waals surface area contributed by atoms with Gasteiger partial charge in [0, 0.05) is 22.8 Å². The van der Waals surface area contributed by atoms with Gasteiger partial charge < -0.3 is 14.2 Å². The smallest absolute Gasteiger partial charge is 0.169 e. The summed E-state index contributed by atoms with van der Waals surface area (Å²) in [5, 5.41) is 2.11. The molecule has 3 rings (SSSR count). The number of ether oxygens (including phenoxy) is 3. The van der Waals surface area contributed by atoms with Gasteiger partial charge in [0.05, 0.1) is 20.8 Å².